The Bertz CT molecular complexity index is 901. The first-order chi connectivity index (χ1) is 11.8. The summed E-state index contributed by atoms with van der Waals surface area (Å²) < 4.78 is 2.83. The lowest BCUT2D eigenvalue weighted by Crippen LogP contribution is -2.34. The van der Waals surface area contributed by atoms with Gasteiger partial charge in [-0.1, -0.05) is 12.1 Å². The fourth-order valence-electron chi connectivity index (χ4n) is 3.54. The number of nitrogens with one attached hydrogen (secondary N) is 1. The number of H-pyrrole nitrogens is 1. The first-order valence-corrected chi connectivity index (χ1v) is 8.78. The van der Waals surface area contributed by atoms with Gasteiger partial charge in [0, 0.05) is 30.9 Å². The van der Waals surface area contributed by atoms with Crippen LogP contribution in [0.25, 0.3) is 10.9 Å². The van der Waals surface area contributed by atoms with Crippen LogP contribution in [0.3, 0.4) is 0 Å². The molecule has 1 N–H and O–H groups in total. The Morgan fingerprint density at radius 3 is 2.79 bits per heavy atom. The van der Waals surface area contributed by atoms with Crippen molar-refractivity contribution in [3.63, 3.8) is 0 Å². The molecule has 1 fully saturated rings. The molecule has 2 aromatic heterocycles. The first-order valence-electron chi connectivity index (χ1n) is 8.37. The van der Waals surface area contributed by atoms with Crippen LogP contribution in [0, 0.1) is 4.77 Å². The third-order valence-corrected chi connectivity index (χ3v) is 5.10. The highest BCUT2D eigenvalue weighted by Crippen LogP contribution is 2.31. The molecule has 7 heteroatoms. The molecule has 24 heavy (non-hydrogen) atoms. The van der Waals surface area contributed by atoms with Crippen molar-refractivity contribution in [2.45, 2.75) is 32.2 Å². The minimum Gasteiger partial charge on any atom is -0.356 e. The van der Waals surface area contributed by atoms with Crippen molar-refractivity contribution in [2.24, 2.45) is 0 Å². The monoisotopic (exact) mass is 340 g/mol. The van der Waals surface area contributed by atoms with E-state index in [0.29, 0.717) is 5.92 Å². The van der Waals surface area contributed by atoms with Crippen molar-refractivity contribution in [1.82, 2.24) is 24.7 Å². The maximum Gasteiger partial charge on any atom is 0.195 e. The summed E-state index contributed by atoms with van der Waals surface area (Å²) in [5.41, 5.74) is 0.997. The van der Waals surface area contributed by atoms with E-state index in [-0.39, 0.29) is 0 Å². The standard InChI is InChI=1S/C17H20N6S/c1-2-23-15(20-21-17(23)24)12-7-9-22(10-8-12)16-13-5-3-4-6-14(13)18-11-19-16/h3-6,11-12H,2,7-10H2,1H3,(H,21,24). The van der Waals surface area contributed by atoms with E-state index in [2.05, 4.69) is 42.6 Å². The van der Waals surface area contributed by atoms with Gasteiger partial charge >= 0.3 is 0 Å². The number of aromatic amines is 1. The van der Waals surface area contributed by atoms with E-state index >= 15 is 0 Å². The van der Waals surface area contributed by atoms with Gasteiger partial charge in [-0.3, -0.25) is 5.10 Å². The quantitative estimate of drug-likeness (QED) is 0.741. The van der Waals surface area contributed by atoms with E-state index in [0.717, 1.165) is 59.8 Å². The maximum atomic E-state index is 5.31. The smallest absolute Gasteiger partial charge is 0.195 e. The number of fused-ring (bicyclic) bond motifs is 1. The second-order valence-corrected chi connectivity index (χ2v) is 6.49. The molecule has 0 amide bonds. The van der Waals surface area contributed by atoms with Gasteiger partial charge in [-0.05, 0) is 44.1 Å². The SMILES string of the molecule is CCn1c(C2CCN(c3ncnc4ccccc34)CC2)n[nH]c1=S. The summed E-state index contributed by atoms with van der Waals surface area (Å²) >= 11 is 5.31. The molecule has 0 saturated carbocycles. The largest absolute Gasteiger partial charge is 0.356 e. The molecule has 0 aliphatic carbocycles. The molecule has 0 bridgehead atoms. The van der Waals surface area contributed by atoms with Gasteiger partial charge in [0.15, 0.2) is 4.77 Å². The Morgan fingerprint density at radius 2 is 2.00 bits per heavy atom. The van der Waals surface area contributed by atoms with Crippen molar-refractivity contribution in [2.75, 3.05) is 18.0 Å². The fourth-order valence-corrected chi connectivity index (χ4v) is 3.81. The van der Waals surface area contributed by atoms with E-state index in [9.17, 15) is 0 Å². The molecule has 0 radical (unpaired) electrons. The first kappa shape index (κ1) is 15.3. The second-order valence-electron chi connectivity index (χ2n) is 6.11. The van der Waals surface area contributed by atoms with Gasteiger partial charge in [0.2, 0.25) is 0 Å². The van der Waals surface area contributed by atoms with Gasteiger partial charge in [0.1, 0.15) is 18.0 Å². The molecule has 124 valence electrons. The van der Waals surface area contributed by atoms with E-state index in [4.69, 9.17) is 12.2 Å². The van der Waals surface area contributed by atoms with E-state index < -0.39 is 0 Å². The molecule has 0 unspecified atom stereocenters. The van der Waals surface area contributed by atoms with Crippen LogP contribution in [-0.4, -0.2) is 37.8 Å². The van der Waals surface area contributed by atoms with Crippen molar-refractivity contribution in [1.29, 1.82) is 0 Å². The molecule has 1 aliphatic rings. The highest BCUT2D eigenvalue weighted by molar-refractivity contribution is 7.71. The summed E-state index contributed by atoms with van der Waals surface area (Å²) in [5, 5.41) is 8.51. The topological polar surface area (TPSA) is 62.6 Å². The van der Waals surface area contributed by atoms with Crippen molar-refractivity contribution in [3.8, 4) is 0 Å². The Balaban J connectivity index is 1.56. The molecule has 3 heterocycles. The van der Waals surface area contributed by atoms with Crippen LogP contribution in [0.15, 0.2) is 30.6 Å². The van der Waals surface area contributed by atoms with Crippen LogP contribution in [0.1, 0.15) is 31.5 Å². The zero-order valence-corrected chi connectivity index (χ0v) is 14.5. The lowest BCUT2D eigenvalue weighted by atomic mass is 9.95. The number of nitrogens with zero attached hydrogens (tertiary/aromatic N) is 5. The van der Waals surface area contributed by atoms with Gasteiger partial charge in [-0.25, -0.2) is 9.97 Å². The van der Waals surface area contributed by atoms with Gasteiger partial charge in [0.25, 0.3) is 0 Å². The lowest BCUT2D eigenvalue weighted by molar-refractivity contribution is 0.465. The Morgan fingerprint density at radius 1 is 1.21 bits per heavy atom. The zero-order chi connectivity index (χ0) is 16.5. The van der Waals surface area contributed by atoms with Crippen LogP contribution < -0.4 is 4.90 Å². The van der Waals surface area contributed by atoms with E-state index in [1.807, 2.05) is 18.2 Å². The summed E-state index contributed by atoms with van der Waals surface area (Å²) in [5.74, 6) is 2.57. The van der Waals surface area contributed by atoms with Gasteiger partial charge in [-0.15, -0.1) is 0 Å². The van der Waals surface area contributed by atoms with Crippen molar-refractivity contribution < 1.29 is 0 Å². The molecule has 4 rings (SSSR count). The summed E-state index contributed by atoms with van der Waals surface area (Å²) in [6.07, 6.45) is 3.77. The van der Waals surface area contributed by atoms with Crippen molar-refractivity contribution >= 4 is 28.9 Å². The Kier molecular flexibility index (Phi) is 4.02. The molecule has 3 aromatic rings. The number of piperidine rings is 1. The van der Waals surface area contributed by atoms with E-state index in [1.165, 1.54) is 0 Å². The van der Waals surface area contributed by atoms with Crippen LogP contribution in [-0.2, 0) is 6.54 Å². The van der Waals surface area contributed by atoms with E-state index in [1.54, 1.807) is 6.33 Å². The number of hydrogen-bond donors (Lipinski definition) is 1. The number of anilines is 1. The molecule has 6 nitrogen and oxygen atoms in total. The van der Waals surface area contributed by atoms with Crippen LogP contribution in [0.2, 0.25) is 0 Å². The predicted octanol–water partition coefficient (Wildman–Crippen LogP) is 3.29. The Labute approximate surface area is 145 Å². The van der Waals surface area contributed by atoms with Crippen LogP contribution >= 0.6 is 12.2 Å². The number of para-hydroxylation sites is 1. The van der Waals surface area contributed by atoms with Crippen LogP contribution in [0.5, 0.6) is 0 Å². The average Bonchev–Trinajstić information content (AvgIpc) is 3.02. The minimum atomic E-state index is 0.447. The molecule has 0 atom stereocenters. The fraction of sp³-hybridized carbons (Fsp3) is 0.412. The van der Waals surface area contributed by atoms with Gasteiger partial charge < -0.3 is 9.47 Å². The zero-order valence-electron chi connectivity index (χ0n) is 13.6. The second kappa shape index (κ2) is 6.32. The maximum absolute atomic E-state index is 5.31. The Hall–Kier alpha value is -2.28. The number of benzene rings is 1. The lowest BCUT2D eigenvalue weighted by Gasteiger charge is -2.32. The number of hydrogen-bond acceptors (Lipinski definition) is 5. The van der Waals surface area contributed by atoms with Gasteiger partial charge in [0.05, 0.1) is 5.52 Å². The normalized spacial score (nSPS) is 16.0. The number of rotatable bonds is 3. The number of aromatic nitrogens is 5. The molecular formula is C17H20N6S. The summed E-state index contributed by atoms with van der Waals surface area (Å²) in [6, 6.07) is 8.19. The highest BCUT2D eigenvalue weighted by atomic mass is 32.1. The van der Waals surface area contributed by atoms with Crippen LogP contribution in [0.4, 0.5) is 5.82 Å². The third-order valence-electron chi connectivity index (χ3n) is 4.79. The third kappa shape index (κ3) is 2.58. The summed E-state index contributed by atoms with van der Waals surface area (Å²) in [6.45, 7) is 4.91. The minimum absolute atomic E-state index is 0.447. The summed E-state index contributed by atoms with van der Waals surface area (Å²) in [7, 11) is 0. The molecule has 1 saturated heterocycles. The highest BCUT2D eigenvalue weighted by Gasteiger charge is 2.26. The van der Waals surface area contributed by atoms with Gasteiger partial charge in [-0.2, -0.15) is 5.10 Å². The predicted molar refractivity (Wildman–Crippen MR) is 96.8 cm³/mol. The molecule has 1 aliphatic heterocycles. The van der Waals surface area contributed by atoms with Crippen molar-refractivity contribution in [3.05, 3.63) is 41.2 Å². The molecule has 1 aromatic carbocycles. The summed E-state index contributed by atoms with van der Waals surface area (Å²) in [4.78, 5) is 11.3. The molecular weight excluding hydrogens is 320 g/mol. The molecule has 0 spiro atoms. The average molecular weight is 340 g/mol.